The smallest absolute Gasteiger partial charge is 0.169 e. The van der Waals surface area contributed by atoms with Gasteiger partial charge in [0.25, 0.3) is 0 Å². The summed E-state index contributed by atoms with van der Waals surface area (Å²) in [5.41, 5.74) is 4.71. The number of rotatable bonds is 5. The van der Waals surface area contributed by atoms with Crippen LogP contribution < -0.4 is 15.2 Å². The monoisotopic (exact) mass is 328 g/mol. The Balaban J connectivity index is 0.00000123. The maximum absolute atomic E-state index is 8.89. The summed E-state index contributed by atoms with van der Waals surface area (Å²) in [6.07, 6.45) is 0. The molecule has 0 aromatic heterocycles. The summed E-state index contributed by atoms with van der Waals surface area (Å²) in [4.78, 5) is 0. The van der Waals surface area contributed by atoms with E-state index in [-0.39, 0.29) is 6.61 Å². The van der Waals surface area contributed by atoms with Gasteiger partial charge in [-0.2, -0.15) is 5.26 Å². The van der Waals surface area contributed by atoms with E-state index < -0.39 is 5.54 Å². The lowest BCUT2D eigenvalue weighted by atomic mass is 10.1. The second kappa shape index (κ2) is 12.0. The zero-order valence-corrected chi connectivity index (χ0v) is 15.2. The maximum atomic E-state index is 8.89. The summed E-state index contributed by atoms with van der Waals surface area (Å²) >= 11 is 0. The van der Waals surface area contributed by atoms with E-state index in [4.69, 9.17) is 20.5 Å². The lowest BCUT2D eigenvalue weighted by molar-refractivity contribution is 0.255. The molecule has 2 N–H and O–H groups in total. The minimum Gasteiger partial charge on any atom is -0.487 e. The van der Waals surface area contributed by atoms with Crippen LogP contribution in [-0.4, -0.2) is 12.1 Å². The second-order valence-corrected chi connectivity index (χ2v) is 4.68. The third-order valence-electron chi connectivity index (χ3n) is 2.60. The third kappa shape index (κ3) is 7.66. The van der Waals surface area contributed by atoms with Crippen molar-refractivity contribution in [2.24, 2.45) is 5.73 Å². The fraction of sp³-hybridized carbons (Fsp3) is 0.350. The molecule has 4 nitrogen and oxygen atoms in total. The van der Waals surface area contributed by atoms with Crippen LogP contribution in [0.4, 0.5) is 0 Å². The standard InChI is InChI=1S/C16H16N2O2.2C2H6/c1-16(18,11-17)12-19-14-9-5-6-10-15(14)20-13-7-3-2-4-8-13;2*1-2/h2-10H,12,18H2,1H3;2*1-2H3. The van der Waals surface area contributed by atoms with E-state index in [1.807, 2.05) is 82.3 Å². The molecule has 0 amide bonds. The van der Waals surface area contributed by atoms with Gasteiger partial charge in [0.2, 0.25) is 0 Å². The van der Waals surface area contributed by atoms with Gasteiger partial charge in [0.15, 0.2) is 11.5 Å². The van der Waals surface area contributed by atoms with Crippen LogP contribution in [-0.2, 0) is 0 Å². The van der Waals surface area contributed by atoms with Crippen molar-refractivity contribution in [2.75, 3.05) is 6.61 Å². The average Bonchev–Trinajstić information content (AvgIpc) is 2.65. The molecule has 1 atom stereocenters. The second-order valence-electron chi connectivity index (χ2n) is 4.68. The number of nitriles is 1. The van der Waals surface area contributed by atoms with Crippen LogP contribution >= 0.6 is 0 Å². The van der Waals surface area contributed by atoms with Gasteiger partial charge in [-0.3, -0.25) is 0 Å². The van der Waals surface area contributed by atoms with Gasteiger partial charge in [-0.1, -0.05) is 58.0 Å². The Morgan fingerprint density at radius 2 is 1.42 bits per heavy atom. The van der Waals surface area contributed by atoms with Gasteiger partial charge in [0.05, 0.1) is 6.07 Å². The normalized spacial score (nSPS) is 11.4. The predicted molar refractivity (Wildman–Crippen MR) is 99.4 cm³/mol. The summed E-state index contributed by atoms with van der Waals surface area (Å²) in [5, 5.41) is 8.89. The van der Waals surface area contributed by atoms with E-state index in [1.54, 1.807) is 13.0 Å². The zero-order chi connectivity index (χ0) is 18.4. The molecule has 2 aromatic rings. The number of ether oxygens (including phenoxy) is 2. The SMILES string of the molecule is CC.CC.CC(N)(C#N)COc1ccccc1Oc1ccccc1. The summed E-state index contributed by atoms with van der Waals surface area (Å²) in [6, 6.07) is 18.7. The summed E-state index contributed by atoms with van der Waals surface area (Å²) in [5.74, 6) is 1.87. The number of nitrogens with two attached hydrogens (primary N) is 1. The molecule has 0 aliphatic carbocycles. The summed E-state index contributed by atoms with van der Waals surface area (Å²) < 4.78 is 11.4. The molecule has 0 saturated heterocycles. The lowest BCUT2D eigenvalue weighted by Crippen LogP contribution is -2.40. The minimum atomic E-state index is -1.03. The first-order valence-electron chi connectivity index (χ1n) is 8.25. The molecule has 0 saturated carbocycles. The molecule has 0 bridgehead atoms. The molecular formula is C20H28N2O2. The first kappa shape index (κ1) is 21.5. The number of nitrogens with zero attached hydrogens (tertiary/aromatic N) is 1. The fourth-order valence-corrected chi connectivity index (χ4v) is 1.53. The van der Waals surface area contributed by atoms with E-state index >= 15 is 0 Å². The molecule has 2 aromatic carbocycles. The van der Waals surface area contributed by atoms with Gasteiger partial charge >= 0.3 is 0 Å². The largest absolute Gasteiger partial charge is 0.487 e. The molecule has 2 rings (SSSR count). The highest BCUT2D eigenvalue weighted by Gasteiger charge is 2.19. The van der Waals surface area contributed by atoms with Gasteiger partial charge in [0, 0.05) is 0 Å². The quantitative estimate of drug-likeness (QED) is 0.824. The van der Waals surface area contributed by atoms with Gasteiger partial charge in [0.1, 0.15) is 17.9 Å². The van der Waals surface area contributed by atoms with Crippen LogP contribution in [0.3, 0.4) is 0 Å². The number of hydrogen-bond acceptors (Lipinski definition) is 4. The lowest BCUT2D eigenvalue weighted by Gasteiger charge is -2.18. The number of hydrogen-bond donors (Lipinski definition) is 1. The van der Waals surface area contributed by atoms with Crippen molar-refractivity contribution in [3.05, 3.63) is 54.6 Å². The topological polar surface area (TPSA) is 68.3 Å². The summed E-state index contributed by atoms with van der Waals surface area (Å²) in [7, 11) is 0. The summed E-state index contributed by atoms with van der Waals surface area (Å²) in [6.45, 7) is 9.71. The van der Waals surface area contributed by atoms with E-state index in [2.05, 4.69) is 0 Å². The highest BCUT2D eigenvalue weighted by molar-refractivity contribution is 5.42. The van der Waals surface area contributed by atoms with Crippen molar-refractivity contribution in [1.82, 2.24) is 0 Å². The molecular weight excluding hydrogens is 300 g/mol. The van der Waals surface area contributed by atoms with Gasteiger partial charge in [-0.15, -0.1) is 0 Å². The molecule has 24 heavy (non-hydrogen) atoms. The van der Waals surface area contributed by atoms with Gasteiger partial charge in [-0.05, 0) is 31.2 Å². The Kier molecular flexibility index (Phi) is 10.7. The third-order valence-corrected chi connectivity index (χ3v) is 2.60. The van der Waals surface area contributed by atoms with Crippen LogP contribution in [0.25, 0.3) is 0 Å². The molecule has 4 heteroatoms. The number of benzene rings is 2. The molecule has 1 unspecified atom stereocenters. The molecule has 0 heterocycles. The van der Waals surface area contributed by atoms with E-state index in [0.29, 0.717) is 11.5 Å². The first-order valence-corrected chi connectivity index (χ1v) is 8.25. The molecule has 0 aliphatic heterocycles. The molecule has 0 aliphatic rings. The molecule has 0 fully saturated rings. The highest BCUT2D eigenvalue weighted by atomic mass is 16.5. The van der Waals surface area contributed by atoms with E-state index in [0.717, 1.165) is 5.75 Å². The highest BCUT2D eigenvalue weighted by Crippen LogP contribution is 2.31. The van der Waals surface area contributed by atoms with Crippen LogP contribution in [0, 0.1) is 11.3 Å². The van der Waals surface area contributed by atoms with E-state index in [9.17, 15) is 0 Å². The Morgan fingerprint density at radius 3 is 1.96 bits per heavy atom. The van der Waals surface area contributed by atoms with Crippen molar-refractivity contribution >= 4 is 0 Å². The van der Waals surface area contributed by atoms with Crippen molar-refractivity contribution in [3.8, 4) is 23.3 Å². The molecule has 0 radical (unpaired) electrons. The van der Waals surface area contributed by atoms with Crippen molar-refractivity contribution in [3.63, 3.8) is 0 Å². The molecule has 0 spiro atoms. The zero-order valence-electron chi connectivity index (χ0n) is 15.2. The Morgan fingerprint density at radius 1 is 0.917 bits per heavy atom. The van der Waals surface area contributed by atoms with Crippen molar-refractivity contribution < 1.29 is 9.47 Å². The number of para-hydroxylation sites is 3. The van der Waals surface area contributed by atoms with Crippen LogP contribution in [0.15, 0.2) is 54.6 Å². The van der Waals surface area contributed by atoms with Gasteiger partial charge < -0.3 is 15.2 Å². The van der Waals surface area contributed by atoms with Crippen LogP contribution in [0.2, 0.25) is 0 Å². The average molecular weight is 328 g/mol. The minimum absolute atomic E-state index is 0.0959. The van der Waals surface area contributed by atoms with Crippen LogP contribution in [0.5, 0.6) is 17.2 Å². The Bertz CT molecular complexity index is 605. The maximum Gasteiger partial charge on any atom is 0.169 e. The van der Waals surface area contributed by atoms with Crippen molar-refractivity contribution in [2.45, 2.75) is 40.2 Å². The Labute approximate surface area is 145 Å². The Hall–Kier alpha value is -2.51. The van der Waals surface area contributed by atoms with Gasteiger partial charge in [-0.25, -0.2) is 0 Å². The van der Waals surface area contributed by atoms with Crippen molar-refractivity contribution in [1.29, 1.82) is 5.26 Å². The van der Waals surface area contributed by atoms with Crippen LogP contribution in [0.1, 0.15) is 34.6 Å². The molecule has 130 valence electrons. The van der Waals surface area contributed by atoms with E-state index in [1.165, 1.54) is 0 Å². The first-order chi connectivity index (χ1) is 11.6. The fourth-order valence-electron chi connectivity index (χ4n) is 1.53. The predicted octanol–water partition coefficient (Wildman–Crippen LogP) is 5.15.